The summed E-state index contributed by atoms with van der Waals surface area (Å²) in [5.41, 5.74) is 3.58. The Kier molecular flexibility index (Phi) is 6.99. The molecule has 114 valence electrons. The van der Waals surface area contributed by atoms with E-state index in [4.69, 9.17) is 15.3 Å². The van der Waals surface area contributed by atoms with Crippen molar-refractivity contribution < 1.29 is 9.47 Å². The van der Waals surface area contributed by atoms with Crippen LogP contribution in [0.4, 0.5) is 0 Å². The van der Waals surface area contributed by atoms with Crippen molar-refractivity contribution in [1.29, 1.82) is 0 Å². The van der Waals surface area contributed by atoms with E-state index >= 15 is 0 Å². The molecule has 2 atom stereocenters. The number of hydrazine groups is 1. The van der Waals surface area contributed by atoms with Gasteiger partial charge in [0.15, 0.2) is 0 Å². The summed E-state index contributed by atoms with van der Waals surface area (Å²) in [6.45, 7) is 9.64. The molecule has 1 aromatic carbocycles. The zero-order valence-corrected chi connectivity index (χ0v) is 13.1. The number of benzene rings is 1. The van der Waals surface area contributed by atoms with Crippen molar-refractivity contribution in [3.8, 4) is 5.75 Å². The van der Waals surface area contributed by atoms with Gasteiger partial charge in [0, 0.05) is 12.2 Å². The van der Waals surface area contributed by atoms with E-state index < -0.39 is 0 Å². The number of ether oxygens (including phenoxy) is 2. The molecule has 0 aliphatic carbocycles. The third-order valence-electron chi connectivity index (χ3n) is 3.65. The first-order chi connectivity index (χ1) is 9.62. The van der Waals surface area contributed by atoms with Gasteiger partial charge in [0.05, 0.1) is 18.2 Å². The third-order valence-corrected chi connectivity index (χ3v) is 3.65. The molecule has 4 heteroatoms. The van der Waals surface area contributed by atoms with E-state index in [1.165, 1.54) is 0 Å². The fourth-order valence-corrected chi connectivity index (χ4v) is 2.38. The highest BCUT2D eigenvalue weighted by Gasteiger charge is 2.35. The Hall–Kier alpha value is -1.10. The van der Waals surface area contributed by atoms with E-state index in [-0.39, 0.29) is 11.6 Å². The van der Waals surface area contributed by atoms with Crippen molar-refractivity contribution in [1.82, 2.24) is 5.43 Å². The van der Waals surface area contributed by atoms with Gasteiger partial charge in [0.25, 0.3) is 0 Å². The van der Waals surface area contributed by atoms with Gasteiger partial charge in [-0.05, 0) is 32.8 Å². The molecular weight excluding hydrogens is 252 g/mol. The van der Waals surface area contributed by atoms with Crippen LogP contribution in [0.5, 0.6) is 5.75 Å². The zero-order valence-electron chi connectivity index (χ0n) is 13.1. The lowest BCUT2D eigenvalue weighted by Crippen LogP contribution is -2.46. The predicted molar refractivity (Wildman–Crippen MR) is 82.6 cm³/mol. The predicted octanol–water partition coefficient (Wildman–Crippen LogP) is 3.19. The van der Waals surface area contributed by atoms with E-state index in [1.54, 1.807) is 0 Å². The van der Waals surface area contributed by atoms with Crippen LogP contribution in [0.25, 0.3) is 0 Å². The van der Waals surface area contributed by atoms with Gasteiger partial charge < -0.3 is 9.47 Å². The van der Waals surface area contributed by atoms with E-state index in [1.807, 2.05) is 31.2 Å². The third kappa shape index (κ3) is 3.95. The Morgan fingerprint density at radius 1 is 1.25 bits per heavy atom. The second-order valence-electron chi connectivity index (χ2n) is 5.09. The van der Waals surface area contributed by atoms with Crippen LogP contribution in [0.3, 0.4) is 0 Å². The summed E-state index contributed by atoms with van der Waals surface area (Å²) in [4.78, 5) is 0. The van der Waals surface area contributed by atoms with E-state index in [2.05, 4.69) is 26.2 Å². The smallest absolute Gasteiger partial charge is 0.124 e. The molecule has 4 nitrogen and oxygen atoms in total. The monoisotopic (exact) mass is 280 g/mol. The summed E-state index contributed by atoms with van der Waals surface area (Å²) in [6.07, 6.45) is 1.84. The molecule has 0 aliphatic rings. The molecule has 0 radical (unpaired) electrons. The van der Waals surface area contributed by atoms with Crippen LogP contribution in [0, 0.1) is 0 Å². The van der Waals surface area contributed by atoms with Gasteiger partial charge in [-0.25, -0.2) is 5.43 Å². The first kappa shape index (κ1) is 17.0. The maximum Gasteiger partial charge on any atom is 0.124 e. The quantitative estimate of drug-likeness (QED) is 0.539. The molecule has 0 bridgehead atoms. The lowest BCUT2D eigenvalue weighted by atomic mass is 9.87. The summed E-state index contributed by atoms with van der Waals surface area (Å²) in [7, 11) is 0. The van der Waals surface area contributed by atoms with Crippen LogP contribution in [-0.2, 0) is 4.74 Å². The Balaban J connectivity index is 3.10. The summed E-state index contributed by atoms with van der Waals surface area (Å²) >= 11 is 0. The molecule has 20 heavy (non-hydrogen) atoms. The minimum Gasteiger partial charge on any atom is -0.493 e. The van der Waals surface area contributed by atoms with E-state index in [0.717, 1.165) is 24.2 Å². The molecule has 0 aliphatic heterocycles. The minimum atomic E-state index is -0.366. The summed E-state index contributed by atoms with van der Waals surface area (Å²) < 4.78 is 11.8. The van der Waals surface area contributed by atoms with Crippen molar-refractivity contribution in [2.75, 3.05) is 13.2 Å². The van der Waals surface area contributed by atoms with Gasteiger partial charge in [-0.3, -0.25) is 5.84 Å². The SMILES string of the molecule is CCCOc1ccccc1C(NN)C(C)(CC)OCC. The highest BCUT2D eigenvalue weighted by molar-refractivity contribution is 5.37. The van der Waals surface area contributed by atoms with Gasteiger partial charge in [0.1, 0.15) is 5.75 Å². The lowest BCUT2D eigenvalue weighted by Gasteiger charge is -2.37. The molecule has 0 fully saturated rings. The van der Waals surface area contributed by atoms with E-state index in [9.17, 15) is 0 Å². The van der Waals surface area contributed by atoms with Crippen LogP contribution in [0.2, 0.25) is 0 Å². The maximum absolute atomic E-state index is 5.95. The van der Waals surface area contributed by atoms with Gasteiger partial charge >= 0.3 is 0 Å². The van der Waals surface area contributed by atoms with E-state index in [0.29, 0.717) is 13.2 Å². The van der Waals surface area contributed by atoms with Gasteiger partial charge in [-0.1, -0.05) is 32.0 Å². The van der Waals surface area contributed by atoms with Crippen molar-refractivity contribution in [3.05, 3.63) is 29.8 Å². The number of rotatable bonds is 9. The molecule has 2 unspecified atom stereocenters. The lowest BCUT2D eigenvalue weighted by molar-refractivity contribution is -0.0569. The molecule has 0 heterocycles. The molecule has 1 rings (SSSR count). The Morgan fingerprint density at radius 2 is 1.95 bits per heavy atom. The molecule has 0 amide bonds. The van der Waals surface area contributed by atoms with Gasteiger partial charge in [-0.15, -0.1) is 0 Å². The molecular formula is C16H28N2O2. The fourth-order valence-electron chi connectivity index (χ4n) is 2.38. The summed E-state index contributed by atoms with van der Waals surface area (Å²) in [6, 6.07) is 7.90. The van der Waals surface area contributed by atoms with Crippen LogP contribution in [0.15, 0.2) is 24.3 Å². The van der Waals surface area contributed by atoms with Gasteiger partial charge in [0.2, 0.25) is 0 Å². The highest BCUT2D eigenvalue weighted by atomic mass is 16.5. The minimum absolute atomic E-state index is 0.111. The molecule has 1 aromatic rings. The second kappa shape index (κ2) is 8.25. The Labute approximate surface area is 122 Å². The van der Waals surface area contributed by atoms with Gasteiger partial charge in [-0.2, -0.15) is 0 Å². The van der Waals surface area contributed by atoms with Crippen molar-refractivity contribution in [2.45, 2.75) is 52.2 Å². The summed E-state index contributed by atoms with van der Waals surface area (Å²) in [5, 5.41) is 0. The average molecular weight is 280 g/mol. The molecule has 0 spiro atoms. The maximum atomic E-state index is 5.95. The average Bonchev–Trinajstić information content (AvgIpc) is 2.47. The van der Waals surface area contributed by atoms with Crippen molar-refractivity contribution >= 4 is 0 Å². The van der Waals surface area contributed by atoms with Crippen molar-refractivity contribution in [2.24, 2.45) is 5.84 Å². The topological polar surface area (TPSA) is 56.5 Å². The molecule has 0 saturated carbocycles. The number of hydrogen-bond donors (Lipinski definition) is 2. The van der Waals surface area contributed by atoms with Crippen molar-refractivity contribution in [3.63, 3.8) is 0 Å². The second-order valence-corrected chi connectivity index (χ2v) is 5.09. The number of nitrogens with two attached hydrogens (primary N) is 1. The van der Waals surface area contributed by atoms with Crippen LogP contribution < -0.4 is 16.0 Å². The van der Waals surface area contributed by atoms with Crippen LogP contribution in [-0.4, -0.2) is 18.8 Å². The van der Waals surface area contributed by atoms with Crippen LogP contribution >= 0.6 is 0 Å². The number of nitrogens with one attached hydrogen (secondary N) is 1. The van der Waals surface area contributed by atoms with Crippen LogP contribution in [0.1, 0.15) is 52.1 Å². The normalized spacial score (nSPS) is 15.7. The Bertz CT molecular complexity index is 398. The molecule has 0 saturated heterocycles. The first-order valence-electron chi connectivity index (χ1n) is 7.44. The summed E-state index contributed by atoms with van der Waals surface area (Å²) in [5.74, 6) is 6.68. The fraction of sp³-hybridized carbons (Fsp3) is 0.625. The number of para-hydroxylation sites is 1. The molecule has 3 N–H and O–H groups in total. The Morgan fingerprint density at radius 3 is 2.50 bits per heavy atom. The number of hydrogen-bond acceptors (Lipinski definition) is 4. The highest BCUT2D eigenvalue weighted by Crippen LogP contribution is 2.36. The largest absolute Gasteiger partial charge is 0.493 e. The zero-order chi connectivity index (χ0) is 15.0. The first-order valence-corrected chi connectivity index (χ1v) is 7.44. The molecule has 0 aromatic heterocycles. The standard InChI is InChI=1S/C16H28N2O2/c1-5-12-19-14-11-9-8-10-13(14)15(18-17)16(4,6-2)20-7-3/h8-11,15,18H,5-7,12,17H2,1-4H3.